The molecule has 2 rings (SSSR count). The largest absolute Gasteiger partial charge is 0.444 e. The number of alkyl carbamates (subject to hydrolysis) is 1. The fraction of sp³-hybridized carbons (Fsp3) is 0.500. The first-order valence-electron chi connectivity index (χ1n) is 8.33. The number of carbonyl (C=O) groups excluding carboxylic acids is 2. The fourth-order valence-corrected chi connectivity index (χ4v) is 2.87. The normalized spacial score (nSPS) is 13.2. The number of thiocarbonyl (C=S) groups is 1. The molecule has 1 aromatic carbocycles. The van der Waals surface area contributed by atoms with Gasteiger partial charge in [-0.3, -0.25) is 4.79 Å². The van der Waals surface area contributed by atoms with Crippen molar-refractivity contribution in [3.8, 4) is 0 Å². The third-order valence-electron chi connectivity index (χ3n) is 3.70. The number of carbonyl (C=O) groups is 2. The summed E-state index contributed by atoms with van der Waals surface area (Å²) in [5.41, 5.74) is 2.37. The lowest BCUT2D eigenvalue weighted by atomic mass is 10.1. The molecular formula is C18H25N3O3S. The molecule has 1 heterocycles. The maximum Gasteiger partial charge on any atom is 0.407 e. The summed E-state index contributed by atoms with van der Waals surface area (Å²) < 4.78 is 5.17. The molecule has 6 nitrogen and oxygen atoms in total. The molecule has 25 heavy (non-hydrogen) atoms. The fourth-order valence-electron chi connectivity index (χ4n) is 2.58. The lowest BCUT2D eigenvalue weighted by molar-refractivity contribution is 0.0528. The van der Waals surface area contributed by atoms with Gasteiger partial charge in [-0.05, 0) is 70.1 Å². The van der Waals surface area contributed by atoms with Crippen LogP contribution >= 0.6 is 12.2 Å². The van der Waals surface area contributed by atoms with Crippen molar-refractivity contribution in [3.63, 3.8) is 0 Å². The van der Waals surface area contributed by atoms with Crippen LogP contribution in [0.25, 0.3) is 0 Å². The Bertz CT molecular complexity index is 683. The van der Waals surface area contributed by atoms with E-state index in [0.29, 0.717) is 18.2 Å². The van der Waals surface area contributed by atoms with E-state index in [1.165, 1.54) is 0 Å². The van der Waals surface area contributed by atoms with Gasteiger partial charge >= 0.3 is 6.09 Å². The molecule has 0 aromatic heterocycles. The maximum absolute atomic E-state index is 11.6. The standard InChI is InChI=1S/C18H25N3O3S/c1-12(22)13-5-6-15-14(11-13)7-10-21(15)16(25)19-8-9-20-17(23)24-18(2,3)4/h5-6,11H,7-10H2,1-4H3,(H,19,25)(H,20,23). The summed E-state index contributed by atoms with van der Waals surface area (Å²) in [6.07, 6.45) is 0.414. The Morgan fingerprint density at radius 1 is 1.24 bits per heavy atom. The van der Waals surface area contributed by atoms with Crippen molar-refractivity contribution in [2.45, 2.75) is 39.7 Å². The van der Waals surface area contributed by atoms with E-state index in [0.717, 1.165) is 29.8 Å². The predicted octanol–water partition coefficient (Wildman–Crippen LogP) is 2.65. The van der Waals surface area contributed by atoms with E-state index in [-0.39, 0.29) is 5.78 Å². The van der Waals surface area contributed by atoms with Crippen LogP contribution in [0, 0.1) is 0 Å². The van der Waals surface area contributed by atoms with Crippen LogP contribution in [0.1, 0.15) is 43.6 Å². The Morgan fingerprint density at radius 2 is 1.92 bits per heavy atom. The number of Topliss-reactive ketones (excluding diaryl/α,β-unsaturated/α-hetero) is 1. The van der Waals surface area contributed by atoms with Gasteiger partial charge < -0.3 is 20.3 Å². The Morgan fingerprint density at radius 3 is 2.56 bits per heavy atom. The zero-order valence-corrected chi connectivity index (χ0v) is 16.0. The van der Waals surface area contributed by atoms with Crippen molar-refractivity contribution in [2.75, 3.05) is 24.5 Å². The first kappa shape index (κ1) is 19.2. The summed E-state index contributed by atoms with van der Waals surface area (Å²) in [5.74, 6) is 0.0650. The molecule has 1 aromatic rings. The second-order valence-corrected chi connectivity index (χ2v) is 7.35. The molecule has 7 heteroatoms. The van der Waals surface area contributed by atoms with Gasteiger partial charge in [-0.2, -0.15) is 0 Å². The van der Waals surface area contributed by atoms with Gasteiger partial charge in [-0.15, -0.1) is 0 Å². The van der Waals surface area contributed by atoms with Crippen LogP contribution in [0.2, 0.25) is 0 Å². The zero-order valence-electron chi connectivity index (χ0n) is 15.1. The molecule has 2 N–H and O–H groups in total. The van der Waals surface area contributed by atoms with Gasteiger partial charge in [0.25, 0.3) is 0 Å². The summed E-state index contributed by atoms with van der Waals surface area (Å²) in [6, 6.07) is 5.70. The molecular weight excluding hydrogens is 338 g/mol. The SMILES string of the molecule is CC(=O)c1ccc2c(c1)CCN2C(=S)NCCNC(=O)OC(C)(C)C. The molecule has 0 aliphatic carbocycles. The molecule has 0 spiro atoms. The Hall–Kier alpha value is -2.15. The molecule has 1 amide bonds. The van der Waals surface area contributed by atoms with Gasteiger partial charge in [-0.1, -0.05) is 0 Å². The van der Waals surface area contributed by atoms with Crippen molar-refractivity contribution >= 4 is 34.9 Å². The first-order valence-corrected chi connectivity index (χ1v) is 8.74. The van der Waals surface area contributed by atoms with Crippen LogP contribution in [0.5, 0.6) is 0 Å². The van der Waals surface area contributed by atoms with Crippen LogP contribution in [-0.2, 0) is 11.2 Å². The number of ketones is 1. The molecule has 0 fully saturated rings. The summed E-state index contributed by atoms with van der Waals surface area (Å²) in [5, 5.41) is 6.44. The quantitative estimate of drug-likeness (QED) is 0.487. The highest BCUT2D eigenvalue weighted by atomic mass is 32.1. The summed E-state index contributed by atoms with van der Waals surface area (Å²) in [4.78, 5) is 25.1. The van der Waals surface area contributed by atoms with Crippen LogP contribution in [0.3, 0.4) is 0 Å². The number of anilines is 1. The van der Waals surface area contributed by atoms with E-state index in [2.05, 4.69) is 10.6 Å². The smallest absolute Gasteiger partial charge is 0.407 e. The predicted molar refractivity (Wildman–Crippen MR) is 102 cm³/mol. The number of hydrogen-bond donors (Lipinski definition) is 2. The molecule has 1 aliphatic heterocycles. The van der Waals surface area contributed by atoms with Gasteiger partial charge in [0.05, 0.1) is 0 Å². The van der Waals surface area contributed by atoms with Gasteiger partial charge in [-0.25, -0.2) is 4.79 Å². The van der Waals surface area contributed by atoms with Crippen molar-refractivity contribution in [1.29, 1.82) is 0 Å². The number of benzene rings is 1. The van der Waals surface area contributed by atoms with Crippen LogP contribution in [0.15, 0.2) is 18.2 Å². The summed E-state index contributed by atoms with van der Waals surface area (Å²) >= 11 is 5.44. The minimum Gasteiger partial charge on any atom is -0.444 e. The average molecular weight is 363 g/mol. The van der Waals surface area contributed by atoms with Crippen molar-refractivity contribution in [2.24, 2.45) is 0 Å². The van der Waals surface area contributed by atoms with E-state index in [1.54, 1.807) is 6.92 Å². The Kier molecular flexibility index (Phi) is 6.00. The topological polar surface area (TPSA) is 70.7 Å². The number of fused-ring (bicyclic) bond motifs is 1. The van der Waals surface area contributed by atoms with Crippen LogP contribution in [-0.4, -0.2) is 42.2 Å². The van der Waals surface area contributed by atoms with E-state index in [9.17, 15) is 9.59 Å². The highest BCUT2D eigenvalue weighted by Gasteiger charge is 2.23. The second-order valence-electron chi connectivity index (χ2n) is 6.96. The Labute approximate surface area is 153 Å². The maximum atomic E-state index is 11.6. The lowest BCUT2D eigenvalue weighted by Gasteiger charge is -2.22. The van der Waals surface area contributed by atoms with E-state index < -0.39 is 11.7 Å². The highest BCUT2D eigenvalue weighted by molar-refractivity contribution is 7.80. The number of nitrogens with zero attached hydrogens (tertiary/aromatic N) is 1. The molecule has 136 valence electrons. The van der Waals surface area contributed by atoms with Crippen molar-refractivity contribution < 1.29 is 14.3 Å². The van der Waals surface area contributed by atoms with Gasteiger partial charge in [0, 0.05) is 30.9 Å². The molecule has 0 saturated carbocycles. The molecule has 0 saturated heterocycles. The third kappa shape index (κ3) is 5.42. The number of nitrogens with one attached hydrogen (secondary N) is 2. The van der Waals surface area contributed by atoms with E-state index in [4.69, 9.17) is 17.0 Å². The number of rotatable bonds is 4. The van der Waals surface area contributed by atoms with Crippen molar-refractivity contribution in [3.05, 3.63) is 29.3 Å². The monoisotopic (exact) mass is 363 g/mol. The Balaban J connectivity index is 1.82. The first-order chi connectivity index (χ1) is 11.7. The zero-order chi connectivity index (χ0) is 18.6. The van der Waals surface area contributed by atoms with Crippen molar-refractivity contribution in [1.82, 2.24) is 10.6 Å². The van der Waals surface area contributed by atoms with E-state index >= 15 is 0 Å². The summed E-state index contributed by atoms with van der Waals surface area (Å²) in [7, 11) is 0. The van der Waals surface area contributed by atoms with Gasteiger partial charge in [0.15, 0.2) is 10.9 Å². The number of amides is 1. The highest BCUT2D eigenvalue weighted by Crippen LogP contribution is 2.29. The van der Waals surface area contributed by atoms with Crippen LogP contribution < -0.4 is 15.5 Å². The lowest BCUT2D eigenvalue weighted by Crippen LogP contribution is -2.43. The number of ether oxygens (including phenoxy) is 1. The molecule has 0 unspecified atom stereocenters. The molecule has 0 bridgehead atoms. The molecule has 0 radical (unpaired) electrons. The third-order valence-corrected chi connectivity index (χ3v) is 4.06. The average Bonchev–Trinajstić information content (AvgIpc) is 2.92. The van der Waals surface area contributed by atoms with Gasteiger partial charge in [0.1, 0.15) is 5.60 Å². The minimum atomic E-state index is -0.509. The number of hydrogen-bond acceptors (Lipinski definition) is 4. The van der Waals surface area contributed by atoms with Gasteiger partial charge in [0.2, 0.25) is 0 Å². The molecule has 1 aliphatic rings. The summed E-state index contributed by atoms with van der Waals surface area (Å²) in [6.45, 7) is 8.74. The second kappa shape index (κ2) is 7.82. The van der Waals surface area contributed by atoms with E-state index in [1.807, 2.05) is 43.9 Å². The minimum absolute atomic E-state index is 0.0650. The van der Waals surface area contributed by atoms with Crippen LogP contribution in [0.4, 0.5) is 10.5 Å². The molecule has 0 atom stereocenters.